The van der Waals surface area contributed by atoms with E-state index in [1.54, 1.807) is 42.5 Å². The first-order valence-corrected chi connectivity index (χ1v) is 16.1. The van der Waals surface area contributed by atoms with Crippen LogP contribution in [0.1, 0.15) is 24.5 Å². The second-order valence-electron chi connectivity index (χ2n) is 10.2. The molecule has 2 amide bonds. The fraction of sp³-hybridized carbons (Fsp3) is 0.212. The predicted octanol–water partition coefficient (Wildman–Crippen LogP) is 5.61. The maximum Gasteiger partial charge on any atom is 0.271 e. The summed E-state index contributed by atoms with van der Waals surface area (Å²) in [5.74, 6) is -1.09. The van der Waals surface area contributed by atoms with Crippen LogP contribution in [-0.2, 0) is 32.6 Å². The van der Waals surface area contributed by atoms with Crippen LogP contribution in [0.5, 0.6) is 0 Å². The molecule has 10 nitrogen and oxygen atoms in total. The van der Waals surface area contributed by atoms with Gasteiger partial charge in [0.05, 0.1) is 15.5 Å². The molecule has 0 heterocycles. The Bertz CT molecular complexity index is 1740. The van der Waals surface area contributed by atoms with Gasteiger partial charge in [-0.1, -0.05) is 85.3 Å². The smallest absolute Gasteiger partial charge is 0.271 e. The van der Waals surface area contributed by atoms with Crippen molar-refractivity contribution in [2.24, 2.45) is 0 Å². The van der Waals surface area contributed by atoms with Crippen molar-refractivity contribution in [3.05, 3.63) is 135 Å². The topological polar surface area (TPSA) is 130 Å². The number of amides is 2. The van der Waals surface area contributed by atoms with E-state index in [0.717, 1.165) is 15.9 Å². The Kier molecular flexibility index (Phi) is 11.3. The number of anilines is 1. The fourth-order valence-electron chi connectivity index (χ4n) is 4.76. The highest BCUT2D eigenvalue weighted by Crippen LogP contribution is 2.28. The van der Waals surface area contributed by atoms with E-state index in [9.17, 15) is 28.1 Å². The molecular weight excluding hydrogens is 616 g/mol. The van der Waals surface area contributed by atoms with Gasteiger partial charge in [0.25, 0.3) is 15.7 Å². The van der Waals surface area contributed by atoms with Gasteiger partial charge in [0, 0.05) is 36.7 Å². The van der Waals surface area contributed by atoms with Crippen molar-refractivity contribution in [2.45, 2.75) is 37.2 Å². The minimum Gasteiger partial charge on any atom is -0.354 e. The summed E-state index contributed by atoms with van der Waals surface area (Å²) in [6.07, 6.45) is 0.826. The van der Waals surface area contributed by atoms with Crippen LogP contribution in [0.3, 0.4) is 0 Å². The lowest BCUT2D eigenvalue weighted by Crippen LogP contribution is -2.53. The average molecular weight is 649 g/mol. The van der Waals surface area contributed by atoms with Crippen molar-refractivity contribution >= 4 is 44.8 Å². The first-order valence-electron chi connectivity index (χ1n) is 14.3. The quantitative estimate of drug-likeness (QED) is 0.140. The van der Waals surface area contributed by atoms with Crippen molar-refractivity contribution in [1.82, 2.24) is 10.2 Å². The molecule has 12 heteroatoms. The standard InChI is InChI=1S/C33H33ClN4O6S/c1-2-19-35-33(40)31(21-25-11-5-3-6-12-25)36(23-26-13-9-14-27(34)20-26)32(39)24-37(28-15-10-16-29(22-28)38(41)42)45(43,44)30-17-7-4-8-18-30/h3-18,20,22,31H,2,19,21,23-24H2,1H3,(H,35,40)/t31-/m1/s1. The molecule has 0 saturated carbocycles. The van der Waals surface area contributed by atoms with Crippen molar-refractivity contribution in [2.75, 3.05) is 17.4 Å². The second-order valence-corrected chi connectivity index (χ2v) is 12.5. The van der Waals surface area contributed by atoms with Gasteiger partial charge in [-0.05, 0) is 47.9 Å². The molecule has 0 aromatic heterocycles. The monoisotopic (exact) mass is 648 g/mol. The van der Waals surface area contributed by atoms with E-state index in [1.807, 2.05) is 37.3 Å². The summed E-state index contributed by atoms with van der Waals surface area (Å²) in [7, 11) is -4.38. The van der Waals surface area contributed by atoms with Gasteiger partial charge >= 0.3 is 0 Å². The number of nitrogens with one attached hydrogen (secondary N) is 1. The third-order valence-corrected chi connectivity index (χ3v) is 9.02. The zero-order chi connectivity index (χ0) is 32.4. The van der Waals surface area contributed by atoms with Crippen molar-refractivity contribution in [3.8, 4) is 0 Å². The summed E-state index contributed by atoms with van der Waals surface area (Å²) in [6, 6.07) is 27.6. The van der Waals surface area contributed by atoms with E-state index in [4.69, 9.17) is 11.6 Å². The number of nitrogens with zero attached hydrogens (tertiary/aromatic N) is 3. The Morgan fingerprint density at radius 2 is 1.53 bits per heavy atom. The van der Waals surface area contributed by atoms with Crippen molar-refractivity contribution < 1.29 is 22.9 Å². The Morgan fingerprint density at radius 3 is 2.18 bits per heavy atom. The zero-order valence-corrected chi connectivity index (χ0v) is 26.2. The Hall–Kier alpha value is -4.74. The number of sulfonamides is 1. The average Bonchev–Trinajstić information content (AvgIpc) is 3.04. The van der Waals surface area contributed by atoms with Crippen LogP contribution >= 0.6 is 11.6 Å². The van der Waals surface area contributed by atoms with E-state index in [0.29, 0.717) is 23.6 Å². The van der Waals surface area contributed by atoms with Gasteiger partial charge in [0.15, 0.2) is 0 Å². The number of nitro benzene ring substituents is 1. The summed E-state index contributed by atoms with van der Waals surface area (Å²) >= 11 is 6.26. The molecule has 4 aromatic rings. The van der Waals surface area contributed by atoms with E-state index < -0.39 is 39.3 Å². The van der Waals surface area contributed by atoms with Gasteiger partial charge in [-0.25, -0.2) is 8.42 Å². The van der Waals surface area contributed by atoms with Crippen molar-refractivity contribution in [1.29, 1.82) is 0 Å². The summed E-state index contributed by atoms with van der Waals surface area (Å²) < 4.78 is 28.8. The van der Waals surface area contributed by atoms with Crippen LogP contribution in [0, 0.1) is 10.1 Å². The molecule has 4 rings (SSSR count). The van der Waals surface area contributed by atoms with Gasteiger partial charge in [-0.2, -0.15) is 0 Å². The third-order valence-electron chi connectivity index (χ3n) is 7.00. The van der Waals surface area contributed by atoms with Gasteiger partial charge in [-0.3, -0.25) is 24.0 Å². The number of carbonyl (C=O) groups excluding carboxylic acids is 2. The van der Waals surface area contributed by atoms with Gasteiger partial charge < -0.3 is 10.2 Å². The van der Waals surface area contributed by atoms with Gasteiger partial charge in [0.2, 0.25) is 11.8 Å². The number of halogens is 1. The molecule has 0 aliphatic heterocycles. The maximum absolute atomic E-state index is 14.4. The first kappa shape index (κ1) is 33.2. The molecular formula is C33H33ClN4O6S. The zero-order valence-electron chi connectivity index (χ0n) is 24.6. The lowest BCUT2D eigenvalue weighted by atomic mass is 10.0. The molecule has 0 saturated heterocycles. The summed E-state index contributed by atoms with van der Waals surface area (Å²) in [5, 5.41) is 14.9. The Morgan fingerprint density at radius 1 is 0.889 bits per heavy atom. The maximum atomic E-state index is 14.4. The molecule has 45 heavy (non-hydrogen) atoms. The normalized spacial score (nSPS) is 11.8. The third kappa shape index (κ3) is 8.68. The number of nitro groups is 1. The number of hydrogen-bond donors (Lipinski definition) is 1. The van der Waals surface area contributed by atoms with Crippen LogP contribution in [0.4, 0.5) is 11.4 Å². The molecule has 0 radical (unpaired) electrons. The first-order chi connectivity index (χ1) is 21.6. The minimum atomic E-state index is -4.38. The molecule has 4 aromatic carbocycles. The molecule has 0 spiro atoms. The minimum absolute atomic E-state index is 0.0510. The molecule has 1 atom stereocenters. The predicted molar refractivity (Wildman–Crippen MR) is 173 cm³/mol. The van der Waals surface area contributed by atoms with Crippen molar-refractivity contribution in [3.63, 3.8) is 0 Å². The number of carbonyl (C=O) groups is 2. The SMILES string of the molecule is CCCNC(=O)[C@@H](Cc1ccccc1)N(Cc1cccc(Cl)c1)C(=O)CN(c1cccc([N+](=O)[O-])c1)S(=O)(=O)c1ccccc1. The molecule has 234 valence electrons. The molecule has 0 bridgehead atoms. The molecule has 0 aliphatic carbocycles. The van der Waals surface area contributed by atoms with E-state index in [2.05, 4.69) is 5.32 Å². The molecule has 0 aliphatic rings. The highest BCUT2D eigenvalue weighted by Gasteiger charge is 2.35. The van der Waals surface area contributed by atoms with Crippen LogP contribution < -0.4 is 9.62 Å². The number of rotatable bonds is 14. The lowest BCUT2D eigenvalue weighted by Gasteiger charge is -2.34. The number of non-ortho nitro benzene ring substituents is 1. The van der Waals surface area contributed by atoms with Crippen LogP contribution in [0.15, 0.2) is 114 Å². The number of hydrogen-bond acceptors (Lipinski definition) is 6. The van der Waals surface area contributed by atoms with Gasteiger partial charge in [-0.15, -0.1) is 0 Å². The van der Waals surface area contributed by atoms with Crippen LogP contribution in [-0.4, -0.2) is 49.2 Å². The van der Waals surface area contributed by atoms with Gasteiger partial charge in [0.1, 0.15) is 12.6 Å². The Balaban J connectivity index is 1.82. The largest absolute Gasteiger partial charge is 0.354 e. The van der Waals surface area contributed by atoms with Crippen LogP contribution in [0.25, 0.3) is 0 Å². The lowest BCUT2D eigenvalue weighted by molar-refractivity contribution is -0.384. The summed E-state index contributed by atoms with van der Waals surface area (Å²) in [5.41, 5.74) is 1.01. The van der Waals surface area contributed by atoms with E-state index in [1.165, 1.54) is 35.2 Å². The molecule has 0 fully saturated rings. The highest BCUT2D eigenvalue weighted by atomic mass is 35.5. The Labute approximate surface area is 267 Å². The second kappa shape index (κ2) is 15.3. The molecule has 1 N–H and O–H groups in total. The van der Waals surface area contributed by atoms with E-state index >= 15 is 0 Å². The summed E-state index contributed by atoms with van der Waals surface area (Å²) in [6.45, 7) is 1.51. The van der Waals surface area contributed by atoms with Crippen LogP contribution in [0.2, 0.25) is 5.02 Å². The fourth-order valence-corrected chi connectivity index (χ4v) is 6.40. The highest BCUT2D eigenvalue weighted by molar-refractivity contribution is 7.92. The van der Waals surface area contributed by atoms with E-state index in [-0.39, 0.29) is 29.2 Å². The molecule has 0 unspecified atom stereocenters. The summed E-state index contributed by atoms with van der Waals surface area (Å²) in [4.78, 5) is 40.2. The number of benzene rings is 4.